The Balaban J connectivity index is 3.00. The summed E-state index contributed by atoms with van der Waals surface area (Å²) in [4.78, 5) is 13.0. The van der Waals surface area contributed by atoms with E-state index in [1.807, 2.05) is 6.07 Å². The van der Waals surface area contributed by atoms with Crippen LogP contribution >= 0.6 is 0 Å². The molecule has 0 atom stereocenters. The molecule has 0 bridgehead atoms. The molecule has 0 saturated carbocycles. The van der Waals surface area contributed by atoms with Crippen molar-refractivity contribution in [1.82, 2.24) is 4.90 Å². The van der Waals surface area contributed by atoms with Crippen LogP contribution in [0, 0.1) is 17.1 Å². The van der Waals surface area contributed by atoms with Crippen LogP contribution in [0.3, 0.4) is 0 Å². The number of benzene rings is 1. The maximum absolute atomic E-state index is 12.7. The zero-order chi connectivity index (χ0) is 12.1. The first-order valence-corrected chi connectivity index (χ1v) is 4.75. The van der Waals surface area contributed by atoms with Gasteiger partial charge in [0.2, 0.25) is 0 Å². The van der Waals surface area contributed by atoms with Gasteiger partial charge in [-0.1, -0.05) is 0 Å². The van der Waals surface area contributed by atoms with Crippen LogP contribution in [0.2, 0.25) is 0 Å². The SMILES string of the molecule is CCN(CC#N)C(=O)c1ccc(F)cc1O. The lowest BCUT2D eigenvalue weighted by atomic mass is 10.1. The molecular formula is C11H11FN2O2. The minimum Gasteiger partial charge on any atom is -0.507 e. The Morgan fingerprint density at radius 2 is 2.31 bits per heavy atom. The summed E-state index contributed by atoms with van der Waals surface area (Å²) < 4.78 is 12.7. The topological polar surface area (TPSA) is 64.3 Å². The van der Waals surface area contributed by atoms with E-state index in [4.69, 9.17) is 5.26 Å². The fourth-order valence-electron chi connectivity index (χ4n) is 1.27. The monoisotopic (exact) mass is 222 g/mol. The predicted molar refractivity (Wildman–Crippen MR) is 55.3 cm³/mol. The van der Waals surface area contributed by atoms with Gasteiger partial charge in [0, 0.05) is 12.6 Å². The fourth-order valence-corrected chi connectivity index (χ4v) is 1.27. The van der Waals surface area contributed by atoms with Crippen LogP contribution in [-0.2, 0) is 0 Å². The van der Waals surface area contributed by atoms with E-state index >= 15 is 0 Å². The van der Waals surface area contributed by atoms with Gasteiger partial charge < -0.3 is 10.0 Å². The maximum atomic E-state index is 12.7. The predicted octanol–water partition coefficient (Wildman–Crippen LogP) is 1.52. The molecular weight excluding hydrogens is 211 g/mol. The largest absolute Gasteiger partial charge is 0.507 e. The summed E-state index contributed by atoms with van der Waals surface area (Å²) in [5, 5.41) is 17.9. The number of carbonyl (C=O) groups is 1. The van der Waals surface area contributed by atoms with Gasteiger partial charge in [-0.25, -0.2) is 4.39 Å². The van der Waals surface area contributed by atoms with E-state index in [-0.39, 0.29) is 12.1 Å². The van der Waals surface area contributed by atoms with Crippen molar-refractivity contribution >= 4 is 5.91 Å². The number of rotatable bonds is 3. The van der Waals surface area contributed by atoms with E-state index < -0.39 is 17.5 Å². The molecule has 0 radical (unpaired) electrons. The molecule has 84 valence electrons. The highest BCUT2D eigenvalue weighted by atomic mass is 19.1. The lowest BCUT2D eigenvalue weighted by molar-refractivity contribution is 0.0781. The number of amides is 1. The highest BCUT2D eigenvalue weighted by Gasteiger charge is 2.17. The Morgan fingerprint density at radius 1 is 1.62 bits per heavy atom. The quantitative estimate of drug-likeness (QED) is 0.788. The zero-order valence-corrected chi connectivity index (χ0v) is 8.77. The smallest absolute Gasteiger partial charge is 0.258 e. The van der Waals surface area contributed by atoms with Gasteiger partial charge in [0.1, 0.15) is 18.1 Å². The van der Waals surface area contributed by atoms with E-state index in [0.717, 1.165) is 12.1 Å². The van der Waals surface area contributed by atoms with Crippen molar-refractivity contribution in [2.75, 3.05) is 13.1 Å². The lowest BCUT2D eigenvalue weighted by Gasteiger charge is -2.17. The van der Waals surface area contributed by atoms with E-state index in [1.165, 1.54) is 11.0 Å². The molecule has 5 heteroatoms. The molecule has 0 aromatic heterocycles. The van der Waals surface area contributed by atoms with Crippen LogP contribution in [0.5, 0.6) is 5.75 Å². The van der Waals surface area contributed by atoms with Gasteiger partial charge in [-0.15, -0.1) is 0 Å². The van der Waals surface area contributed by atoms with E-state index in [9.17, 15) is 14.3 Å². The van der Waals surface area contributed by atoms with E-state index in [1.54, 1.807) is 6.92 Å². The Bertz CT molecular complexity index is 440. The molecule has 0 aliphatic heterocycles. The molecule has 1 rings (SSSR count). The van der Waals surface area contributed by atoms with Crippen molar-refractivity contribution in [2.24, 2.45) is 0 Å². The van der Waals surface area contributed by atoms with Gasteiger partial charge >= 0.3 is 0 Å². The summed E-state index contributed by atoms with van der Waals surface area (Å²) in [6.07, 6.45) is 0. The number of hydrogen-bond acceptors (Lipinski definition) is 3. The number of nitriles is 1. The number of hydrogen-bond donors (Lipinski definition) is 1. The summed E-state index contributed by atoms with van der Waals surface area (Å²) in [6, 6.07) is 5.01. The first-order chi connectivity index (χ1) is 7.60. The van der Waals surface area contributed by atoms with Crippen LogP contribution < -0.4 is 0 Å². The molecule has 1 N–H and O–H groups in total. The first kappa shape index (κ1) is 12.0. The zero-order valence-electron chi connectivity index (χ0n) is 8.77. The second-order valence-electron chi connectivity index (χ2n) is 3.14. The third kappa shape index (κ3) is 2.48. The number of phenols is 1. The van der Waals surface area contributed by atoms with Gasteiger partial charge in [-0.05, 0) is 19.1 Å². The summed E-state index contributed by atoms with van der Waals surface area (Å²) >= 11 is 0. The van der Waals surface area contributed by atoms with Crippen molar-refractivity contribution < 1.29 is 14.3 Å². The molecule has 4 nitrogen and oxygen atoms in total. The Morgan fingerprint density at radius 3 is 2.81 bits per heavy atom. The molecule has 1 aromatic rings. The Hall–Kier alpha value is -2.09. The first-order valence-electron chi connectivity index (χ1n) is 4.75. The standard InChI is InChI=1S/C11H11FN2O2/c1-2-14(6-5-13)11(16)9-4-3-8(12)7-10(9)15/h3-4,7,15H,2,6H2,1H3. The van der Waals surface area contributed by atoms with Crippen molar-refractivity contribution in [2.45, 2.75) is 6.92 Å². The van der Waals surface area contributed by atoms with Crippen molar-refractivity contribution in [3.8, 4) is 11.8 Å². The minimum absolute atomic E-state index is 0.00139. The van der Waals surface area contributed by atoms with Gasteiger partial charge in [0.05, 0.1) is 11.6 Å². The molecule has 0 heterocycles. The average molecular weight is 222 g/mol. The maximum Gasteiger partial charge on any atom is 0.258 e. The summed E-state index contributed by atoms with van der Waals surface area (Å²) in [6.45, 7) is 2.01. The molecule has 16 heavy (non-hydrogen) atoms. The van der Waals surface area contributed by atoms with Crippen molar-refractivity contribution in [3.63, 3.8) is 0 Å². The molecule has 0 aliphatic rings. The van der Waals surface area contributed by atoms with E-state index in [2.05, 4.69) is 0 Å². The molecule has 1 aromatic carbocycles. The fraction of sp³-hybridized carbons (Fsp3) is 0.273. The third-order valence-electron chi connectivity index (χ3n) is 2.12. The van der Waals surface area contributed by atoms with Crippen molar-refractivity contribution in [1.29, 1.82) is 5.26 Å². The Kier molecular flexibility index (Phi) is 3.84. The third-order valence-corrected chi connectivity index (χ3v) is 2.12. The summed E-state index contributed by atoms with van der Waals surface area (Å²) in [5.74, 6) is -1.51. The second-order valence-corrected chi connectivity index (χ2v) is 3.14. The van der Waals surface area contributed by atoms with Gasteiger partial charge in [0.25, 0.3) is 5.91 Å². The highest BCUT2D eigenvalue weighted by Crippen LogP contribution is 2.19. The van der Waals surface area contributed by atoms with Crippen LogP contribution in [-0.4, -0.2) is 29.0 Å². The average Bonchev–Trinajstić information content (AvgIpc) is 2.25. The van der Waals surface area contributed by atoms with Crippen LogP contribution in [0.15, 0.2) is 18.2 Å². The van der Waals surface area contributed by atoms with Gasteiger partial charge in [-0.3, -0.25) is 4.79 Å². The number of aromatic hydroxyl groups is 1. The molecule has 0 aliphatic carbocycles. The van der Waals surface area contributed by atoms with Crippen molar-refractivity contribution in [3.05, 3.63) is 29.6 Å². The number of halogens is 1. The molecule has 0 spiro atoms. The lowest BCUT2D eigenvalue weighted by Crippen LogP contribution is -2.31. The molecule has 0 unspecified atom stereocenters. The molecule has 0 fully saturated rings. The van der Waals surface area contributed by atoms with E-state index in [0.29, 0.717) is 6.54 Å². The van der Waals surface area contributed by atoms with Crippen LogP contribution in [0.25, 0.3) is 0 Å². The van der Waals surface area contributed by atoms with Gasteiger partial charge in [-0.2, -0.15) is 5.26 Å². The van der Waals surface area contributed by atoms with Crippen LogP contribution in [0.1, 0.15) is 17.3 Å². The van der Waals surface area contributed by atoms with Gasteiger partial charge in [0.15, 0.2) is 0 Å². The second kappa shape index (κ2) is 5.12. The Labute approximate surface area is 92.5 Å². The summed E-state index contributed by atoms with van der Waals surface area (Å²) in [5.41, 5.74) is -0.00139. The number of carbonyl (C=O) groups excluding carboxylic acids is 1. The number of nitrogens with zero attached hydrogens (tertiary/aromatic N) is 2. The highest BCUT2D eigenvalue weighted by molar-refractivity contribution is 5.96. The minimum atomic E-state index is -0.614. The molecule has 0 saturated heterocycles. The molecule has 1 amide bonds. The summed E-state index contributed by atoms with van der Waals surface area (Å²) in [7, 11) is 0. The normalized spacial score (nSPS) is 9.56. The van der Waals surface area contributed by atoms with Crippen LogP contribution in [0.4, 0.5) is 4.39 Å². The number of phenolic OH excluding ortho intramolecular Hbond substituents is 1.